The maximum absolute atomic E-state index is 6.28. The van der Waals surface area contributed by atoms with Crippen LogP contribution in [0.2, 0.25) is 0 Å². The van der Waals surface area contributed by atoms with Gasteiger partial charge in [-0.1, -0.05) is 121 Å². The van der Waals surface area contributed by atoms with E-state index in [-0.39, 0.29) is 25.9 Å². The Morgan fingerprint density at radius 3 is 0.854 bits per heavy atom. The van der Waals surface area contributed by atoms with Crippen LogP contribution >= 0.6 is 0 Å². The normalized spacial score (nSPS) is 9.59. The van der Waals surface area contributed by atoms with Crippen molar-refractivity contribution in [2.75, 3.05) is 0 Å². The first-order chi connectivity index (χ1) is 19.6. The predicted octanol–water partition coefficient (Wildman–Crippen LogP) is 7.56. The molecule has 0 fully saturated rings. The van der Waals surface area contributed by atoms with Crippen LogP contribution in [0.4, 0.5) is 0 Å². The molecule has 0 saturated heterocycles. The molecular weight excluding hydrogens is 685 g/mol. The molecule has 0 atom stereocenters. The second-order valence-electron chi connectivity index (χ2n) is 8.72. The molecule has 2 aromatic heterocycles. The predicted molar refractivity (Wildman–Crippen MR) is 163 cm³/mol. The van der Waals surface area contributed by atoms with Crippen LogP contribution in [0.1, 0.15) is 6.92 Å². The van der Waals surface area contributed by atoms with Crippen molar-refractivity contribution < 1.29 is 20.1 Å². The van der Waals surface area contributed by atoms with Gasteiger partial charge in [0.15, 0.2) is 0 Å². The van der Waals surface area contributed by atoms with Gasteiger partial charge in [-0.2, -0.15) is 0 Å². The summed E-state index contributed by atoms with van der Waals surface area (Å²) in [6, 6.07) is 44.6. The van der Waals surface area contributed by atoms with Gasteiger partial charge in [0.2, 0.25) is 0 Å². The molecule has 0 amide bonds. The number of nitrogens with one attached hydrogen (secondary N) is 1. The van der Waals surface area contributed by atoms with E-state index in [2.05, 4.69) is 68.5 Å². The van der Waals surface area contributed by atoms with Crippen LogP contribution in [0.25, 0.3) is 45.0 Å². The summed E-state index contributed by atoms with van der Waals surface area (Å²) in [7, 11) is 0. The van der Waals surface area contributed by atoms with Gasteiger partial charge in [0.25, 0.3) is 0 Å². The number of nitrogens with zero attached hydrogens (tertiary/aromatic N) is 4. The molecule has 4 aromatic carbocycles. The van der Waals surface area contributed by atoms with E-state index in [4.69, 9.17) is 11.1 Å². The van der Waals surface area contributed by atoms with Crippen molar-refractivity contribution in [1.82, 2.24) is 19.9 Å². The number of hydrogen-bond acceptors (Lipinski definition) is 5. The molecule has 0 saturated carbocycles. The minimum Gasteiger partial charge on any atom is -0.388 e. The van der Waals surface area contributed by atoms with Gasteiger partial charge in [0.05, 0.1) is 28.6 Å². The van der Waals surface area contributed by atoms with Crippen LogP contribution in [0.15, 0.2) is 146 Å². The molecule has 6 rings (SSSR count). The maximum Gasteiger partial charge on any atom is 3.00 e. The quantitative estimate of drug-likeness (QED) is 0.145. The molecule has 0 unspecified atom stereocenters. The third-order valence-electron chi connectivity index (χ3n) is 5.61. The molecule has 3 N–H and O–H groups in total. The number of amidine groups is 1. The molecule has 0 aliphatic rings. The molecule has 0 spiro atoms. The Balaban J connectivity index is 0.000000196. The van der Waals surface area contributed by atoms with E-state index in [1.807, 2.05) is 84.9 Å². The summed E-state index contributed by atoms with van der Waals surface area (Å²) in [5.74, 6) is 0.167. The first-order valence-electron chi connectivity index (χ1n) is 12.8. The number of hydrogen-bond donors (Lipinski definition) is 2. The fourth-order valence-electron chi connectivity index (χ4n) is 3.78. The molecule has 0 aliphatic carbocycles. The summed E-state index contributed by atoms with van der Waals surface area (Å²) >= 11 is 0. The SMILES string of the molecule is CC(=N)N.[Ir+3].c1ccc(-c2cc(-c3ccccc3)ncn2)cc1.c1ccc(-c2cc(-c3ccccc3)ncn2)cc1. The van der Waals surface area contributed by atoms with Crippen molar-refractivity contribution in [2.45, 2.75) is 6.92 Å². The summed E-state index contributed by atoms with van der Waals surface area (Å²) in [4.78, 5) is 17.3. The molecule has 6 nitrogen and oxygen atoms in total. The van der Waals surface area contributed by atoms with Gasteiger partial charge in [0, 0.05) is 22.3 Å². The third-order valence-corrected chi connectivity index (χ3v) is 5.61. The maximum atomic E-state index is 6.28. The van der Waals surface area contributed by atoms with Crippen LogP contribution in [0, 0.1) is 5.41 Å². The Hall–Kier alpha value is -4.84. The van der Waals surface area contributed by atoms with E-state index in [0.29, 0.717) is 0 Å². The number of rotatable bonds is 4. The topological polar surface area (TPSA) is 101 Å². The second kappa shape index (κ2) is 16.3. The Bertz CT molecular complexity index is 1380. The van der Waals surface area contributed by atoms with Crippen molar-refractivity contribution in [3.63, 3.8) is 0 Å². The Morgan fingerprint density at radius 2 is 0.659 bits per heavy atom. The zero-order valence-electron chi connectivity index (χ0n) is 22.6. The second-order valence-corrected chi connectivity index (χ2v) is 8.72. The van der Waals surface area contributed by atoms with Crippen molar-refractivity contribution >= 4 is 5.84 Å². The van der Waals surface area contributed by atoms with Crippen molar-refractivity contribution in [1.29, 1.82) is 5.41 Å². The van der Waals surface area contributed by atoms with Gasteiger partial charge >= 0.3 is 20.1 Å². The Labute approximate surface area is 254 Å². The van der Waals surface area contributed by atoms with Crippen LogP contribution in [-0.2, 0) is 20.1 Å². The molecule has 0 radical (unpaired) electrons. The van der Waals surface area contributed by atoms with E-state index in [1.54, 1.807) is 12.7 Å². The summed E-state index contributed by atoms with van der Waals surface area (Å²) in [5.41, 5.74) is 12.9. The Kier molecular flexibility index (Phi) is 12.2. The number of nitrogens with two attached hydrogens (primary N) is 1. The van der Waals surface area contributed by atoms with Gasteiger partial charge in [-0.25, -0.2) is 19.9 Å². The zero-order valence-corrected chi connectivity index (χ0v) is 25.0. The van der Waals surface area contributed by atoms with E-state index >= 15 is 0 Å². The van der Waals surface area contributed by atoms with E-state index < -0.39 is 0 Å². The summed E-state index contributed by atoms with van der Waals surface area (Å²) in [6.07, 6.45) is 3.23. The van der Waals surface area contributed by atoms with Gasteiger partial charge in [-0.05, 0) is 19.1 Å². The minimum absolute atomic E-state index is 0. The molecule has 2 heterocycles. The smallest absolute Gasteiger partial charge is 0.388 e. The van der Waals surface area contributed by atoms with Crippen LogP contribution < -0.4 is 5.73 Å². The molecule has 6 aromatic rings. The molecule has 0 aliphatic heterocycles. The number of aromatic nitrogens is 4. The monoisotopic (exact) mass is 715 g/mol. The minimum atomic E-state index is 0. The van der Waals surface area contributed by atoms with Crippen LogP contribution in [0.3, 0.4) is 0 Å². The van der Waals surface area contributed by atoms with Gasteiger partial charge in [-0.3, -0.25) is 5.41 Å². The molecule has 202 valence electrons. The summed E-state index contributed by atoms with van der Waals surface area (Å²) < 4.78 is 0. The first-order valence-corrected chi connectivity index (χ1v) is 12.8. The zero-order chi connectivity index (χ0) is 28.0. The fourth-order valence-corrected chi connectivity index (χ4v) is 3.78. The van der Waals surface area contributed by atoms with E-state index in [9.17, 15) is 0 Å². The van der Waals surface area contributed by atoms with E-state index in [0.717, 1.165) is 45.0 Å². The molecule has 7 heteroatoms. The Morgan fingerprint density at radius 1 is 0.463 bits per heavy atom. The van der Waals surface area contributed by atoms with Gasteiger partial charge in [-0.15, -0.1) is 0 Å². The standard InChI is InChI=1S/2C16H12N2.C2H6N2.Ir/c2*1-3-7-13(8-4-1)15-11-16(18-12-17-15)14-9-5-2-6-10-14;1-2(3)4;/h2*1-12H;1H3,(H3,3,4);/q;;;+3. The first kappa shape index (κ1) is 30.7. The van der Waals surface area contributed by atoms with Crippen molar-refractivity contribution in [3.8, 4) is 45.0 Å². The third kappa shape index (κ3) is 9.69. The van der Waals surface area contributed by atoms with E-state index in [1.165, 1.54) is 6.92 Å². The molecular formula is C34H30IrN6+3. The van der Waals surface area contributed by atoms with Crippen molar-refractivity contribution in [2.24, 2.45) is 5.73 Å². The number of benzene rings is 4. The van der Waals surface area contributed by atoms with Crippen LogP contribution in [-0.4, -0.2) is 25.8 Å². The average molecular weight is 715 g/mol. The molecule has 41 heavy (non-hydrogen) atoms. The largest absolute Gasteiger partial charge is 3.00 e. The average Bonchev–Trinajstić information content (AvgIpc) is 3.03. The molecule has 0 bridgehead atoms. The summed E-state index contributed by atoms with van der Waals surface area (Å²) in [5, 5.41) is 6.28. The van der Waals surface area contributed by atoms with Gasteiger partial charge in [0.1, 0.15) is 12.7 Å². The van der Waals surface area contributed by atoms with Crippen molar-refractivity contribution in [3.05, 3.63) is 146 Å². The van der Waals surface area contributed by atoms with Crippen LogP contribution in [0.5, 0.6) is 0 Å². The fraction of sp³-hybridized carbons (Fsp3) is 0.0294. The van der Waals surface area contributed by atoms with Gasteiger partial charge < -0.3 is 5.73 Å². The summed E-state index contributed by atoms with van der Waals surface area (Å²) in [6.45, 7) is 1.53.